The smallest absolute Gasteiger partial charge is 0.195 e. The summed E-state index contributed by atoms with van der Waals surface area (Å²) in [6.07, 6.45) is 0.293. The van der Waals surface area contributed by atoms with Gasteiger partial charge in [0, 0.05) is 34.7 Å². The van der Waals surface area contributed by atoms with Crippen LogP contribution in [-0.2, 0) is 6.54 Å². The molecule has 136 valence electrons. The van der Waals surface area contributed by atoms with E-state index in [1.54, 1.807) is 19.1 Å². The molecule has 0 amide bonds. The molecule has 0 radical (unpaired) electrons. The molecule has 0 aliphatic carbocycles. The number of hydrogen-bond donors (Lipinski definition) is 1. The van der Waals surface area contributed by atoms with Gasteiger partial charge in [0.05, 0.1) is 13.0 Å². The number of aliphatic hydroxyl groups is 1. The zero-order valence-corrected chi connectivity index (χ0v) is 15.0. The summed E-state index contributed by atoms with van der Waals surface area (Å²) in [7, 11) is 0. The molecule has 4 rings (SSSR count). The van der Waals surface area contributed by atoms with E-state index >= 15 is 0 Å². The molecular weight excluding hydrogens is 334 g/mol. The monoisotopic (exact) mass is 362 g/mol. The lowest BCUT2D eigenvalue weighted by Crippen LogP contribution is -2.04. The maximum Gasteiger partial charge on any atom is 0.195 e. The third-order valence-corrected chi connectivity index (χ3v) is 4.70. The predicted octanol–water partition coefficient (Wildman–Crippen LogP) is 5.19. The van der Waals surface area contributed by atoms with Gasteiger partial charge >= 0.3 is 0 Å². The minimum Gasteiger partial charge on any atom is -0.393 e. The van der Waals surface area contributed by atoms with Crippen LogP contribution in [-0.4, -0.2) is 21.6 Å². The summed E-state index contributed by atoms with van der Waals surface area (Å²) in [6.45, 7) is 1.92. The Morgan fingerprint density at radius 3 is 2.70 bits per heavy atom. The molecule has 4 aromatic rings. The molecule has 0 spiro atoms. The van der Waals surface area contributed by atoms with Crippen LogP contribution < -0.4 is 0 Å². The Labute approximate surface area is 165 Å². The van der Waals surface area contributed by atoms with Gasteiger partial charge in [-0.05, 0) is 36.6 Å². The first-order valence-electron chi connectivity index (χ1n) is 11.5. The number of ketones is 1. The van der Waals surface area contributed by atoms with Gasteiger partial charge in [-0.25, -0.2) is 0 Å². The lowest BCUT2D eigenvalue weighted by molar-refractivity contribution is 0.104. The Balaban J connectivity index is 2.00. The van der Waals surface area contributed by atoms with Crippen LogP contribution >= 0.6 is 0 Å². The van der Waals surface area contributed by atoms with Gasteiger partial charge in [0.1, 0.15) is 0 Å². The summed E-state index contributed by atoms with van der Waals surface area (Å²) in [6, 6.07) is 11.3. The molecule has 3 aromatic carbocycles. The van der Waals surface area contributed by atoms with Gasteiger partial charge in [0.15, 0.2) is 5.78 Å². The fourth-order valence-corrected chi connectivity index (χ4v) is 3.37. The lowest BCUT2D eigenvalue weighted by atomic mass is 9.97. The number of nitrogens with zero attached hydrogens (tertiary/aromatic N) is 1. The summed E-state index contributed by atoms with van der Waals surface area (Å²) in [5.74, 6) is -0.448. The molecular formula is C24H23NO2. The highest BCUT2D eigenvalue weighted by atomic mass is 16.3. The Morgan fingerprint density at radius 2 is 1.85 bits per heavy atom. The predicted molar refractivity (Wildman–Crippen MR) is 110 cm³/mol. The molecule has 0 saturated heterocycles. The van der Waals surface area contributed by atoms with E-state index in [0.717, 1.165) is 10.8 Å². The first-order valence-corrected chi connectivity index (χ1v) is 9.03. The van der Waals surface area contributed by atoms with Gasteiger partial charge in [0.2, 0.25) is 0 Å². The van der Waals surface area contributed by atoms with Crippen LogP contribution in [0.1, 0.15) is 42.5 Å². The average molecular weight is 362 g/mol. The van der Waals surface area contributed by atoms with Gasteiger partial charge < -0.3 is 9.67 Å². The van der Waals surface area contributed by atoms with Crippen molar-refractivity contribution < 1.29 is 16.8 Å². The lowest BCUT2D eigenvalue weighted by Gasteiger charge is -2.06. The highest BCUT2D eigenvalue weighted by Crippen LogP contribution is 2.27. The number of aliphatic hydroxyl groups excluding tert-OH is 1. The molecule has 1 atom stereocenters. The summed E-state index contributed by atoms with van der Waals surface area (Å²) in [5.41, 5.74) is 0.502. The third kappa shape index (κ3) is 3.38. The highest BCUT2D eigenvalue weighted by molar-refractivity contribution is 6.21. The van der Waals surface area contributed by atoms with E-state index < -0.39 is 24.0 Å². The van der Waals surface area contributed by atoms with Gasteiger partial charge in [-0.1, -0.05) is 60.6 Å². The van der Waals surface area contributed by atoms with Crippen LogP contribution in [0.25, 0.3) is 21.7 Å². The maximum atomic E-state index is 13.7. The fourth-order valence-electron chi connectivity index (χ4n) is 3.37. The van der Waals surface area contributed by atoms with Crippen LogP contribution in [0.3, 0.4) is 0 Å². The molecule has 0 bridgehead atoms. The first kappa shape index (κ1) is 12.5. The topological polar surface area (TPSA) is 42.2 Å². The SMILES string of the molecule is [2H]c1c([2H])c([2H])c2c(c1[2H])c(C(=O)c1cccc3ccccc13)c([2H])n2CCCC(C)O. The van der Waals surface area contributed by atoms with Crippen molar-refractivity contribution in [2.45, 2.75) is 32.4 Å². The standard InChI is InChI=1S/C24H23NO2/c1-17(26)8-7-15-25-16-22(20-12-4-5-14-23(20)25)24(27)21-13-6-10-18-9-2-3-11-19(18)21/h2-6,9-14,16-17,26H,7-8,15H2,1H3/i4D,5D,12D,14D,16D. The molecule has 3 heteroatoms. The Hall–Kier alpha value is -2.91. The molecule has 27 heavy (non-hydrogen) atoms. The molecule has 1 heterocycles. The van der Waals surface area contributed by atoms with Crippen LogP contribution in [0.5, 0.6) is 0 Å². The number of para-hydroxylation sites is 1. The van der Waals surface area contributed by atoms with Gasteiger partial charge in [-0.15, -0.1) is 0 Å². The minimum absolute atomic E-state index is 0.0274. The molecule has 0 saturated carbocycles. The van der Waals surface area contributed by atoms with E-state index in [4.69, 9.17) is 6.85 Å². The van der Waals surface area contributed by atoms with Crippen molar-refractivity contribution in [2.24, 2.45) is 0 Å². The molecule has 3 nitrogen and oxygen atoms in total. The average Bonchev–Trinajstić information content (AvgIpc) is 3.07. The second-order valence-electron chi connectivity index (χ2n) is 6.71. The third-order valence-electron chi connectivity index (χ3n) is 4.70. The summed E-state index contributed by atoms with van der Waals surface area (Å²) in [4.78, 5) is 13.7. The second-order valence-corrected chi connectivity index (χ2v) is 6.71. The van der Waals surface area contributed by atoms with E-state index in [1.807, 2.05) is 30.3 Å². The molecule has 0 aliphatic rings. The Morgan fingerprint density at radius 1 is 1.07 bits per heavy atom. The van der Waals surface area contributed by atoms with E-state index in [-0.39, 0.29) is 41.3 Å². The summed E-state index contributed by atoms with van der Waals surface area (Å²) < 4.78 is 43.3. The van der Waals surface area contributed by atoms with Crippen molar-refractivity contribution in [3.63, 3.8) is 0 Å². The summed E-state index contributed by atoms with van der Waals surface area (Å²) >= 11 is 0. The maximum absolute atomic E-state index is 13.7. The highest BCUT2D eigenvalue weighted by Gasteiger charge is 2.18. The first-order chi connectivity index (χ1) is 15.2. The number of benzene rings is 3. The largest absolute Gasteiger partial charge is 0.393 e. The number of aromatic nitrogens is 1. The van der Waals surface area contributed by atoms with Crippen molar-refractivity contribution in [1.29, 1.82) is 0 Å². The van der Waals surface area contributed by atoms with Gasteiger partial charge in [-0.3, -0.25) is 4.79 Å². The molecule has 1 unspecified atom stereocenters. The molecule has 0 fully saturated rings. The number of carbonyl (C=O) groups excluding carboxylic acids is 1. The second kappa shape index (κ2) is 7.37. The summed E-state index contributed by atoms with van der Waals surface area (Å²) in [5, 5.41) is 11.3. The van der Waals surface area contributed by atoms with Crippen LogP contribution in [0, 0.1) is 0 Å². The Bertz CT molecular complexity index is 1360. The number of hydrogen-bond acceptors (Lipinski definition) is 2. The van der Waals surface area contributed by atoms with Crippen LogP contribution in [0.15, 0.2) is 72.8 Å². The van der Waals surface area contributed by atoms with Crippen LogP contribution in [0.4, 0.5) is 0 Å². The number of rotatable bonds is 6. The van der Waals surface area contributed by atoms with E-state index in [9.17, 15) is 9.90 Å². The van der Waals surface area contributed by atoms with Crippen molar-refractivity contribution in [3.8, 4) is 0 Å². The quantitative estimate of drug-likeness (QED) is 0.480. The zero-order valence-electron chi connectivity index (χ0n) is 20.0. The number of aryl methyl sites for hydroxylation is 1. The van der Waals surface area contributed by atoms with Gasteiger partial charge in [0.25, 0.3) is 0 Å². The molecule has 1 aromatic heterocycles. The van der Waals surface area contributed by atoms with E-state index in [2.05, 4.69) is 0 Å². The molecule has 1 N–H and O–H groups in total. The van der Waals surface area contributed by atoms with Crippen LogP contribution in [0.2, 0.25) is 0 Å². The van der Waals surface area contributed by atoms with Crippen molar-refractivity contribution >= 4 is 27.5 Å². The normalized spacial score (nSPS) is 15.1. The number of carbonyl (C=O) groups is 1. The Kier molecular flexibility index (Phi) is 3.41. The zero-order chi connectivity index (χ0) is 23.2. The minimum atomic E-state index is -0.531. The van der Waals surface area contributed by atoms with Crippen molar-refractivity contribution in [1.82, 2.24) is 4.57 Å². The number of fused-ring (bicyclic) bond motifs is 2. The van der Waals surface area contributed by atoms with Crippen molar-refractivity contribution in [3.05, 3.63) is 83.9 Å². The van der Waals surface area contributed by atoms with E-state index in [0.29, 0.717) is 18.4 Å². The van der Waals surface area contributed by atoms with Crippen molar-refractivity contribution in [2.75, 3.05) is 0 Å². The molecule has 0 aliphatic heterocycles. The van der Waals surface area contributed by atoms with E-state index in [1.165, 1.54) is 4.57 Å². The fraction of sp³-hybridized carbons (Fsp3) is 0.208. The van der Waals surface area contributed by atoms with Gasteiger partial charge in [-0.2, -0.15) is 0 Å².